The highest BCUT2D eigenvalue weighted by Crippen LogP contribution is 2.22. The van der Waals surface area contributed by atoms with E-state index < -0.39 is 0 Å². The monoisotopic (exact) mass is 288 g/mol. The fourth-order valence-electron chi connectivity index (χ4n) is 2.56. The zero-order chi connectivity index (χ0) is 15.3. The molecule has 2 aromatic rings. The lowest BCUT2D eigenvalue weighted by Gasteiger charge is -2.19. The predicted octanol–water partition coefficient (Wildman–Crippen LogP) is 3.61. The van der Waals surface area contributed by atoms with Crippen LogP contribution in [0.1, 0.15) is 33.3 Å². The Labute approximate surface area is 128 Å². The van der Waals surface area contributed by atoms with Gasteiger partial charge in [-0.3, -0.25) is 0 Å². The Bertz CT molecular complexity index is 566. The van der Waals surface area contributed by atoms with Gasteiger partial charge in [-0.15, -0.1) is 0 Å². The van der Waals surface area contributed by atoms with Gasteiger partial charge in [0.1, 0.15) is 0 Å². The van der Waals surface area contributed by atoms with Crippen molar-refractivity contribution in [3.05, 3.63) is 36.0 Å². The second kappa shape index (κ2) is 7.10. The molecular formula is C18H28N2O. The SMILES string of the molecule is CCNCCc1cn(CCOC(C)(C)C)c2ccccc12. The van der Waals surface area contributed by atoms with Gasteiger partial charge in [-0.05, 0) is 51.9 Å². The lowest BCUT2D eigenvalue weighted by molar-refractivity contribution is -0.00645. The lowest BCUT2D eigenvalue weighted by Crippen LogP contribution is -2.21. The van der Waals surface area contributed by atoms with Crippen molar-refractivity contribution < 1.29 is 4.74 Å². The van der Waals surface area contributed by atoms with Crippen molar-refractivity contribution in [3.8, 4) is 0 Å². The molecule has 0 saturated heterocycles. The van der Waals surface area contributed by atoms with Crippen LogP contribution in [0, 0.1) is 0 Å². The van der Waals surface area contributed by atoms with E-state index in [4.69, 9.17) is 4.74 Å². The van der Waals surface area contributed by atoms with Crippen molar-refractivity contribution in [3.63, 3.8) is 0 Å². The largest absolute Gasteiger partial charge is 0.374 e. The van der Waals surface area contributed by atoms with Gasteiger partial charge in [-0.1, -0.05) is 25.1 Å². The Morgan fingerprint density at radius 3 is 2.67 bits per heavy atom. The van der Waals surface area contributed by atoms with Crippen molar-refractivity contribution in [2.24, 2.45) is 0 Å². The maximum Gasteiger partial charge on any atom is 0.0652 e. The predicted molar refractivity (Wildman–Crippen MR) is 89.9 cm³/mol. The summed E-state index contributed by atoms with van der Waals surface area (Å²) in [7, 11) is 0. The molecule has 1 heterocycles. The minimum absolute atomic E-state index is 0.0726. The third-order valence-corrected chi connectivity index (χ3v) is 3.56. The van der Waals surface area contributed by atoms with Crippen molar-refractivity contribution in [2.45, 2.75) is 46.3 Å². The van der Waals surface area contributed by atoms with Gasteiger partial charge in [-0.25, -0.2) is 0 Å². The zero-order valence-electron chi connectivity index (χ0n) is 13.8. The van der Waals surface area contributed by atoms with Gasteiger partial charge in [0, 0.05) is 23.6 Å². The molecule has 0 bridgehead atoms. The van der Waals surface area contributed by atoms with E-state index >= 15 is 0 Å². The van der Waals surface area contributed by atoms with E-state index in [0.29, 0.717) is 0 Å². The van der Waals surface area contributed by atoms with Crippen molar-refractivity contribution in [1.29, 1.82) is 0 Å². The molecular weight excluding hydrogens is 260 g/mol. The molecule has 2 rings (SSSR count). The molecule has 0 aliphatic heterocycles. The van der Waals surface area contributed by atoms with Gasteiger partial charge >= 0.3 is 0 Å². The molecule has 0 aliphatic carbocycles. The van der Waals surface area contributed by atoms with Crippen LogP contribution in [0.5, 0.6) is 0 Å². The van der Waals surface area contributed by atoms with E-state index in [-0.39, 0.29) is 5.60 Å². The molecule has 116 valence electrons. The van der Waals surface area contributed by atoms with Crippen molar-refractivity contribution in [2.75, 3.05) is 19.7 Å². The summed E-state index contributed by atoms with van der Waals surface area (Å²) < 4.78 is 8.18. The Kier molecular flexibility index (Phi) is 5.43. The number of likely N-dealkylation sites (N-methyl/N-ethyl adjacent to an activating group) is 1. The van der Waals surface area contributed by atoms with Crippen molar-refractivity contribution >= 4 is 10.9 Å². The van der Waals surface area contributed by atoms with Gasteiger partial charge in [0.2, 0.25) is 0 Å². The zero-order valence-corrected chi connectivity index (χ0v) is 13.8. The van der Waals surface area contributed by atoms with Gasteiger partial charge in [0.05, 0.1) is 12.2 Å². The van der Waals surface area contributed by atoms with Crippen LogP contribution < -0.4 is 5.32 Å². The molecule has 0 spiro atoms. The molecule has 0 radical (unpaired) electrons. The topological polar surface area (TPSA) is 26.2 Å². The number of fused-ring (bicyclic) bond motifs is 1. The fourth-order valence-corrected chi connectivity index (χ4v) is 2.56. The molecule has 1 N–H and O–H groups in total. The molecule has 1 aromatic carbocycles. The average molecular weight is 288 g/mol. The molecule has 0 saturated carbocycles. The molecule has 0 unspecified atom stereocenters. The third kappa shape index (κ3) is 4.58. The summed E-state index contributed by atoms with van der Waals surface area (Å²) in [6.07, 6.45) is 3.36. The first-order valence-electron chi connectivity index (χ1n) is 7.92. The number of hydrogen-bond acceptors (Lipinski definition) is 2. The second-order valence-electron chi connectivity index (χ2n) is 6.43. The summed E-state index contributed by atoms with van der Waals surface area (Å²) in [5, 5.41) is 4.77. The minimum Gasteiger partial charge on any atom is -0.374 e. The Hall–Kier alpha value is -1.32. The summed E-state index contributed by atoms with van der Waals surface area (Å²) in [5.41, 5.74) is 2.65. The summed E-state index contributed by atoms with van der Waals surface area (Å²) in [6.45, 7) is 12.1. The van der Waals surface area contributed by atoms with E-state index in [1.54, 1.807) is 0 Å². The first-order valence-corrected chi connectivity index (χ1v) is 7.92. The third-order valence-electron chi connectivity index (χ3n) is 3.56. The lowest BCUT2D eigenvalue weighted by atomic mass is 10.1. The van der Waals surface area contributed by atoms with E-state index in [9.17, 15) is 0 Å². The van der Waals surface area contributed by atoms with E-state index in [1.165, 1.54) is 16.5 Å². The average Bonchev–Trinajstić information content (AvgIpc) is 2.77. The number of benzene rings is 1. The quantitative estimate of drug-likeness (QED) is 0.788. The summed E-state index contributed by atoms with van der Waals surface area (Å²) in [4.78, 5) is 0. The number of aromatic nitrogens is 1. The molecule has 0 amide bonds. The van der Waals surface area contributed by atoms with Gasteiger partial charge in [0.15, 0.2) is 0 Å². The smallest absolute Gasteiger partial charge is 0.0652 e. The first kappa shape index (κ1) is 16.1. The van der Waals surface area contributed by atoms with Crippen LogP contribution in [-0.4, -0.2) is 29.9 Å². The van der Waals surface area contributed by atoms with Crippen LogP contribution in [0.2, 0.25) is 0 Å². The molecule has 1 aromatic heterocycles. The molecule has 0 atom stereocenters. The molecule has 3 nitrogen and oxygen atoms in total. The Morgan fingerprint density at radius 1 is 1.19 bits per heavy atom. The van der Waals surface area contributed by atoms with E-state index in [0.717, 1.165) is 32.7 Å². The highest BCUT2D eigenvalue weighted by molar-refractivity contribution is 5.84. The highest BCUT2D eigenvalue weighted by Gasteiger charge is 2.11. The number of para-hydroxylation sites is 1. The van der Waals surface area contributed by atoms with Crippen LogP contribution >= 0.6 is 0 Å². The van der Waals surface area contributed by atoms with Crippen molar-refractivity contribution in [1.82, 2.24) is 9.88 Å². The Morgan fingerprint density at radius 2 is 1.95 bits per heavy atom. The minimum atomic E-state index is -0.0726. The molecule has 0 aliphatic rings. The first-order chi connectivity index (χ1) is 10.0. The molecule has 21 heavy (non-hydrogen) atoms. The van der Waals surface area contributed by atoms with Gasteiger partial charge < -0.3 is 14.6 Å². The maximum atomic E-state index is 5.86. The molecule has 3 heteroatoms. The van der Waals surface area contributed by atoms with Crippen LogP contribution in [-0.2, 0) is 17.7 Å². The standard InChI is InChI=1S/C18H28N2O/c1-5-19-11-10-15-14-20(12-13-21-18(2,3)4)17-9-7-6-8-16(15)17/h6-9,14,19H,5,10-13H2,1-4H3. The van der Waals surface area contributed by atoms with Crippen LogP contribution in [0.25, 0.3) is 10.9 Å². The summed E-state index contributed by atoms with van der Waals surface area (Å²) in [5.74, 6) is 0. The van der Waals surface area contributed by atoms with Crippen LogP contribution in [0.15, 0.2) is 30.5 Å². The van der Waals surface area contributed by atoms with Crippen LogP contribution in [0.4, 0.5) is 0 Å². The number of rotatable bonds is 7. The van der Waals surface area contributed by atoms with Crippen LogP contribution in [0.3, 0.4) is 0 Å². The number of hydrogen-bond donors (Lipinski definition) is 1. The number of nitrogens with one attached hydrogen (secondary N) is 1. The van der Waals surface area contributed by atoms with Gasteiger partial charge in [-0.2, -0.15) is 0 Å². The summed E-state index contributed by atoms with van der Waals surface area (Å²) >= 11 is 0. The Balaban J connectivity index is 2.11. The normalized spacial score (nSPS) is 12.2. The van der Waals surface area contributed by atoms with E-state index in [2.05, 4.69) is 68.0 Å². The van der Waals surface area contributed by atoms with E-state index in [1.807, 2.05) is 0 Å². The number of nitrogens with zero attached hydrogens (tertiary/aromatic N) is 1. The summed E-state index contributed by atoms with van der Waals surface area (Å²) in [6, 6.07) is 8.65. The number of ether oxygens (including phenoxy) is 1. The highest BCUT2D eigenvalue weighted by atomic mass is 16.5. The fraction of sp³-hybridized carbons (Fsp3) is 0.556. The second-order valence-corrected chi connectivity index (χ2v) is 6.43. The molecule has 0 fully saturated rings. The maximum absolute atomic E-state index is 5.86. The van der Waals surface area contributed by atoms with Gasteiger partial charge in [0.25, 0.3) is 0 Å².